The number of hydrogen-bond donors (Lipinski definition) is 0. The van der Waals surface area contributed by atoms with Crippen LogP contribution in [0.4, 0.5) is 0 Å². The first-order valence-electron chi connectivity index (χ1n) is 9.62. The molecule has 3 heterocycles. The predicted octanol–water partition coefficient (Wildman–Crippen LogP) is 2.93. The van der Waals surface area contributed by atoms with Crippen molar-refractivity contribution in [3.05, 3.63) is 23.8 Å². The second-order valence-electron chi connectivity index (χ2n) is 8.30. The van der Waals surface area contributed by atoms with Crippen molar-refractivity contribution in [2.45, 2.75) is 43.6 Å². The maximum atomic E-state index is 13.7. The third-order valence-corrected chi connectivity index (χ3v) is 9.28. The fourth-order valence-corrected chi connectivity index (χ4v) is 7.81. The molecule has 0 radical (unpaired) electrons. The lowest BCUT2D eigenvalue weighted by Gasteiger charge is -2.52. The molecule has 3 aliphatic heterocycles. The van der Waals surface area contributed by atoms with Crippen LogP contribution in [0.2, 0.25) is 0 Å². The highest BCUT2D eigenvalue weighted by molar-refractivity contribution is 8.77. The van der Waals surface area contributed by atoms with Gasteiger partial charge in [0.05, 0.1) is 17.5 Å². The largest absolute Gasteiger partial charge is 0.454 e. The number of carbonyl (C=O) groups is 2. The Morgan fingerprint density at radius 2 is 1.97 bits per heavy atom. The summed E-state index contributed by atoms with van der Waals surface area (Å²) in [6.07, 6.45) is 1.89. The molecule has 1 unspecified atom stereocenters. The molecule has 9 heteroatoms. The first kappa shape index (κ1) is 18.9. The molecular formula is C20H21N3O4S2. The topological polar surface area (TPSA) is 82.9 Å². The van der Waals surface area contributed by atoms with Gasteiger partial charge in [0.25, 0.3) is 5.91 Å². The fourth-order valence-electron chi connectivity index (χ4n) is 4.48. The van der Waals surface area contributed by atoms with Crippen molar-refractivity contribution in [3.8, 4) is 17.6 Å². The van der Waals surface area contributed by atoms with E-state index >= 15 is 0 Å². The first-order valence-corrected chi connectivity index (χ1v) is 11.9. The van der Waals surface area contributed by atoms with E-state index in [-0.39, 0.29) is 31.2 Å². The van der Waals surface area contributed by atoms with Crippen LogP contribution < -0.4 is 9.47 Å². The van der Waals surface area contributed by atoms with Gasteiger partial charge in [0, 0.05) is 11.8 Å². The Kier molecular flexibility index (Phi) is 4.23. The number of carbonyl (C=O) groups excluding carboxylic acids is 2. The molecule has 2 bridgehead atoms. The van der Waals surface area contributed by atoms with E-state index in [1.165, 1.54) is 21.6 Å². The zero-order valence-corrected chi connectivity index (χ0v) is 17.8. The van der Waals surface area contributed by atoms with Crippen LogP contribution in [0, 0.1) is 16.7 Å². The lowest BCUT2D eigenvalue weighted by atomic mass is 9.79. The highest BCUT2D eigenvalue weighted by Crippen LogP contribution is 2.55. The van der Waals surface area contributed by atoms with Gasteiger partial charge < -0.3 is 19.3 Å². The van der Waals surface area contributed by atoms with Gasteiger partial charge in [0.1, 0.15) is 6.54 Å². The Labute approximate surface area is 177 Å². The van der Waals surface area contributed by atoms with Crippen molar-refractivity contribution in [2.75, 3.05) is 19.1 Å². The lowest BCUT2D eigenvalue weighted by molar-refractivity contribution is -0.162. The van der Waals surface area contributed by atoms with E-state index in [0.717, 1.165) is 18.4 Å². The summed E-state index contributed by atoms with van der Waals surface area (Å²) in [5.41, 5.74) is -0.0705. The van der Waals surface area contributed by atoms with Gasteiger partial charge in [-0.15, -0.1) is 0 Å². The smallest absolute Gasteiger partial charge is 0.260 e. The number of nitrogens with zero attached hydrogens (tertiary/aromatic N) is 3. The normalized spacial score (nSPS) is 33.9. The Bertz CT molecular complexity index is 946. The molecule has 1 aromatic rings. The zero-order valence-electron chi connectivity index (χ0n) is 16.2. The Hall–Kier alpha value is -2.05. The Morgan fingerprint density at radius 3 is 2.69 bits per heavy atom. The number of amides is 2. The molecule has 2 saturated heterocycles. The molecule has 0 N–H and O–H groups in total. The van der Waals surface area contributed by atoms with Crippen molar-refractivity contribution in [1.82, 2.24) is 9.80 Å². The molecular weight excluding hydrogens is 410 g/mol. The van der Waals surface area contributed by atoms with Crippen molar-refractivity contribution in [2.24, 2.45) is 5.41 Å². The van der Waals surface area contributed by atoms with E-state index in [9.17, 15) is 14.9 Å². The van der Waals surface area contributed by atoms with Gasteiger partial charge in [-0.05, 0) is 44.4 Å². The molecule has 0 spiro atoms. The molecule has 7 nitrogen and oxygen atoms in total. The van der Waals surface area contributed by atoms with Crippen LogP contribution in [-0.2, 0) is 9.59 Å². The fraction of sp³-hybridized carbons (Fsp3) is 0.550. The molecule has 5 rings (SSSR count). The summed E-state index contributed by atoms with van der Waals surface area (Å²) in [4.78, 5) is 29.3. The average Bonchev–Trinajstić information content (AvgIpc) is 3.40. The summed E-state index contributed by atoms with van der Waals surface area (Å²) in [6, 6.07) is 7.55. The molecule has 3 fully saturated rings. The van der Waals surface area contributed by atoms with Gasteiger partial charge in [-0.2, -0.15) is 5.26 Å². The molecule has 1 aliphatic carbocycles. The van der Waals surface area contributed by atoms with Gasteiger partial charge in [0.15, 0.2) is 16.4 Å². The standard InChI is InChI=1S/C20H21N3O4S2/c1-19(9-21)10-28-29-20(2)18(25)22(8-16(24)23(20)13-4-5-13)17(19)12-3-6-14-15(7-12)27-11-26-14/h3,6-7,13,17H,4-5,8,10-11H2,1-2H3/t17?,19-,20+/m0/s1. The maximum Gasteiger partial charge on any atom is 0.260 e. The number of piperazine rings is 1. The summed E-state index contributed by atoms with van der Waals surface area (Å²) < 4.78 is 10.9. The monoisotopic (exact) mass is 431 g/mol. The third kappa shape index (κ3) is 2.80. The number of hydrogen-bond acceptors (Lipinski definition) is 7. The highest BCUT2D eigenvalue weighted by Gasteiger charge is 2.59. The minimum atomic E-state index is -0.952. The van der Waals surface area contributed by atoms with E-state index in [0.29, 0.717) is 17.3 Å². The molecule has 3 atom stereocenters. The molecule has 152 valence electrons. The zero-order chi connectivity index (χ0) is 20.4. The summed E-state index contributed by atoms with van der Waals surface area (Å²) in [5.74, 6) is 1.64. The third-order valence-electron chi connectivity index (χ3n) is 6.07. The van der Waals surface area contributed by atoms with Gasteiger partial charge in [-0.1, -0.05) is 27.7 Å². The minimum Gasteiger partial charge on any atom is -0.454 e. The van der Waals surface area contributed by atoms with Crippen LogP contribution in [0.3, 0.4) is 0 Å². The van der Waals surface area contributed by atoms with Crippen molar-refractivity contribution >= 4 is 33.4 Å². The SMILES string of the molecule is C[C@]1(C#N)CSS[C@]2(C)C(=O)N(CC(=O)N2C2CC2)C1c1ccc2c(c1)OCO2. The Morgan fingerprint density at radius 1 is 1.21 bits per heavy atom. The average molecular weight is 432 g/mol. The number of fused-ring (bicyclic) bond motifs is 3. The van der Waals surface area contributed by atoms with E-state index < -0.39 is 16.3 Å². The molecule has 1 saturated carbocycles. The number of rotatable bonds is 2. The van der Waals surface area contributed by atoms with Crippen LogP contribution in [-0.4, -0.2) is 51.6 Å². The molecule has 1 aromatic carbocycles. The van der Waals surface area contributed by atoms with Crippen LogP contribution in [0.15, 0.2) is 18.2 Å². The second kappa shape index (κ2) is 6.47. The van der Waals surface area contributed by atoms with Gasteiger partial charge >= 0.3 is 0 Å². The minimum absolute atomic E-state index is 0.00741. The quantitative estimate of drug-likeness (QED) is 0.666. The van der Waals surface area contributed by atoms with Gasteiger partial charge in [0.2, 0.25) is 12.7 Å². The van der Waals surface area contributed by atoms with E-state index in [1.54, 1.807) is 9.80 Å². The van der Waals surface area contributed by atoms with Crippen LogP contribution in [0.25, 0.3) is 0 Å². The molecule has 4 aliphatic rings. The molecule has 0 aromatic heterocycles. The van der Waals surface area contributed by atoms with Gasteiger partial charge in [-0.25, -0.2) is 0 Å². The van der Waals surface area contributed by atoms with Crippen LogP contribution in [0.5, 0.6) is 11.5 Å². The maximum absolute atomic E-state index is 13.7. The second-order valence-corrected chi connectivity index (χ2v) is 11.0. The lowest BCUT2D eigenvalue weighted by Crippen LogP contribution is -2.67. The Balaban J connectivity index is 1.62. The number of nitriles is 1. The van der Waals surface area contributed by atoms with Crippen molar-refractivity contribution in [3.63, 3.8) is 0 Å². The summed E-state index contributed by atoms with van der Waals surface area (Å²) >= 11 is 0. The van der Waals surface area contributed by atoms with E-state index in [4.69, 9.17) is 9.47 Å². The van der Waals surface area contributed by atoms with Crippen LogP contribution >= 0.6 is 21.6 Å². The van der Waals surface area contributed by atoms with Gasteiger partial charge in [-0.3, -0.25) is 9.59 Å². The van der Waals surface area contributed by atoms with Crippen molar-refractivity contribution in [1.29, 1.82) is 5.26 Å². The highest BCUT2D eigenvalue weighted by atomic mass is 33.1. The number of benzene rings is 1. The summed E-state index contributed by atoms with van der Waals surface area (Å²) in [6.45, 7) is 3.86. The van der Waals surface area contributed by atoms with Crippen molar-refractivity contribution < 1.29 is 19.1 Å². The van der Waals surface area contributed by atoms with Crippen LogP contribution in [0.1, 0.15) is 38.3 Å². The van der Waals surface area contributed by atoms with E-state index in [2.05, 4.69) is 6.07 Å². The molecule has 2 amide bonds. The van der Waals surface area contributed by atoms with E-state index in [1.807, 2.05) is 32.0 Å². The summed E-state index contributed by atoms with van der Waals surface area (Å²) in [7, 11) is 2.92. The number of ether oxygens (including phenoxy) is 2. The summed E-state index contributed by atoms with van der Waals surface area (Å²) in [5, 5.41) is 10.1. The molecule has 29 heavy (non-hydrogen) atoms. The predicted molar refractivity (Wildman–Crippen MR) is 109 cm³/mol. The first-order chi connectivity index (χ1) is 13.9.